The summed E-state index contributed by atoms with van der Waals surface area (Å²) in [7, 11) is 0. The van der Waals surface area contributed by atoms with Crippen molar-refractivity contribution in [3.05, 3.63) is 35.9 Å². The van der Waals surface area contributed by atoms with Gasteiger partial charge in [0, 0.05) is 13.0 Å². The summed E-state index contributed by atoms with van der Waals surface area (Å²) in [6.45, 7) is 3.47. The highest BCUT2D eigenvalue weighted by Gasteiger charge is 2.34. The predicted molar refractivity (Wildman–Crippen MR) is 64.7 cm³/mol. The monoisotopic (exact) mass is 234 g/mol. The van der Waals surface area contributed by atoms with Crippen LogP contribution in [0.3, 0.4) is 0 Å². The molecule has 1 fully saturated rings. The van der Waals surface area contributed by atoms with E-state index in [1.807, 2.05) is 37.3 Å². The van der Waals surface area contributed by atoms with Crippen molar-refractivity contribution in [1.82, 2.24) is 0 Å². The van der Waals surface area contributed by atoms with Gasteiger partial charge in [0.1, 0.15) is 6.61 Å². The average molecular weight is 234 g/mol. The lowest BCUT2D eigenvalue weighted by molar-refractivity contribution is -0.117. The van der Waals surface area contributed by atoms with Crippen molar-refractivity contribution in [1.29, 1.82) is 0 Å². The van der Waals surface area contributed by atoms with E-state index < -0.39 is 0 Å². The summed E-state index contributed by atoms with van der Waals surface area (Å²) in [5.74, 6) is 0.190. The maximum Gasteiger partial charge on any atom is 0.161 e. The second-order valence-electron chi connectivity index (χ2n) is 4.74. The molecule has 0 radical (unpaired) electrons. The number of rotatable bonds is 5. The van der Waals surface area contributed by atoms with Crippen molar-refractivity contribution in [3.63, 3.8) is 0 Å². The summed E-state index contributed by atoms with van der Waals surface area (Å²) >= 11 is 0. The molecule has 1 aliphatic rings. The Labute approximate surface area is 102 Å². The first kappa shape index (κ1) is 12.3. The van der Waals surface area contributed by atoms with E-state index in [1.165, 1.54) is 5.56 Å². The summed E-state index contributed by atoms with van der Waals surface area (Å²) in [5.41, 5.74) is 0.856. The standard InChI is InChI=1S/C14H18O3/c1-14(9-13(15)11-17-14)7-8-16-10-12-5-3-2-4-6-12/h2-6H,7-11H2,1H3/t14-/m1/s1. The lowest BCUT2D eigenvalue weighted by atomic mass is 9.99. The molecule has 0 aromatic heterocycles. The van der Waals surface area contributed by atoms with Gasteiger partial charge >= 0.3 is 0 Å². The molecule has 0 spiro atoms. The lowest BCUT2D eigenvalue weighted by Crippen LogP contribution is -2.25. The normalized spacial score (nSPS) is 24.2. The minimum absolute atomic E-state index is 0.190. The van der Waals surface area contributed by atoms with Gasteiger partial charge in [-0.3, -0.25) is 4.79 Å². The Morgan fingerprint density at radius 1 is 1.35 bits per heavy atom. The van der Waals surface area contributed by atoms with Crippen LogP contribution in [0.2, 0.25) is 0 Å². The van der Waals surface area contributed by atoms with Crippen molar-refractivity contribution in [2.24, 2.45) is 0 Å². The van der Waals surface area contributed by atoms with Crippen LogP contribution < -0.4 is 0 Å². The van der Waals surface area contributed by atoms with Crippen LogP contribution in [0.4, 0.5) is 0 Å². The van der Waals surface area contributed by atoms with Crippen molar-refractivity contribution >= 4 is 5.78 Å². The van der Waals surface area contributed by atoms with Gasteiger partial charge in [-0.25, -0.2) is 0 Å². The van der Waals surface area contributed by atoms with Crippen molar-refractivity contribution in [2.45, 2.75) is 32.0 Å². The van der Waals surface area contributed by atoms with Crippen molar-refractivity contribution in [2.75, 3.05) is 13.2 Å². The van der Waals surface area contributed by atoms with E-state index >= 15 is 0 Å². The van der Waals surface area contributed by atoms with Gasteiger partial charge in [-0.2, -0.15) is 0 Å². The second-order valence-corrected chi connectivity index (χ2v) is 4.74. The molecule has 0 aliphatic carbocycles. The molecule has 17 heavy (non-hydrogen) atoms. The van der Waals surface area contributed by atoms with Gasteiger partial charge in [0.05, 0.1) is 12.2 Å². The highest BCUT2D eigenvalue weighted by Crippen LogP contribution is 2.26. The van der Waals surface area contributed by atoms with Gasteiger partial charge in [0.25, 0.3) is 0 Å². The van der Waals surface area contributed by atoms with Crippen LogP contribution in [0.25, 0.3) is 0 Å². The second kappa shape index (κ2) is 5.43. The Balaban J connectivity index is 1.68. The van der Waals surface area contributed by atoms with Crippen LogP contribution in [-0.4, -0.2) is 24.6 Å². The number of ketones is 1. The highest BCUT2D eigenvalue weighted by atomic mass is 16.5. The molecule has 0 bridgehead atoms. The number of ether oxygens (including phenoxy) is 2. The first-order valence-electron chi connectivity index (χ1n) is 5.95. The summed E-state index contributed by atoms with van der Waals surface area (Å²) in [4.78, 5) is 11.1. The number of carbonyl (C=O) groups is 1. The molecule has 2 rings (SSSR count). The number of carbonyl (C=O) groups excluding carboxylic acids is 1. The van der Waals surface area contributed by atoms with E-state index in [0.29, 0.717) is 19.6 Å². The summed E-state index contributed by atoms with van der Waals surface area (Å²) in [6, 6.07) is 10.1. The van der Waals surface area contributed by atoms with Crippen LogP contribution in [0.1, 0.15) is 25.3 Å². The maximum absolute atomic E-state index is 11.1. The van der Waals surface area contributed by atoms with Crippen LogP contribution in [0.5, 0.6) is 0 Å². The van der Waals surface area contributed by atoms with Crippen LogP contribution in [0, 0.1) is 0 Å². The fourth-order valence-electron chi connectivity index (χ4n) is 1.99. The summed E-state index contributed by atoms with van der Waals surface area (Å²) < 4.78 is 11.1. The third-order valence-corrected chi connectivity index (χ3v) is 3.04. The lowest BCUT2D eigenvalue weighted by Gasteiger charge is -2.21. The number of benzene rings is 1. The zero-order valence-electron chi connectivity index (χ0n) is 10.1. The van der Waals surface area contributed by atoms with E-state index in [4.69, 9.17) is 9.47 Å². The fourth-order valence-corrected chi connectivity index (χ4v) is 1.99. The predicted octanol–water partition coefficient (Wildman–Crippen LogP) is 2.34. The molecule has 3 nitrogen and oxygen atoms in total. The molecule has 0 N–H and O–H groups in total. The van der Waals surface area contributed by atoms with Crippen LogP contribution in [0.15, 0.2) is 30.3 Å². The molecular weight excluding hydrogens is 216 g/mol. The molecule has 92 valence electrons. The molecule has 1 aliphatic heterocycles. The van der Waals surface area contributed by atoms with Crippen LogP contribution in [-0.2, 0) is 20.9 Å². The first-order chi connectivity index (χ1) is 8.18. The number of Topliss-reactive ketones (excluding diaryl/α,β-unsaturated/α-hetero) is 1. The minimum Gasteiger partial charge on any atom is -0.377 e. The van der Waals surface area contributed by atoms with E-state index in [9.17, 15) is 4.79 Å². The highest BCUT2D eigenvalue weighted by molar-refractivity contribution is 5.82. The molecule has 0 amide bonds. The van der Waals surface area contributed by atoms with E-state index in [-0.39, 0.29) is 18.0 Å². The summed E-state index contributed by atoms with van der Waals surface area (Å²) in [6.07, 6.45) is 1.28. The third kappa shape index (κ3) is 3.65. The first-order valence-corrected chi connectivity index (χ1v) is 5.95. The average Bonchev–Trinajstić information content (AvgIpc) is 2.67. The maximum atomic E-state index is 11.1. The van der Waals surface area contributed by atoms with Gasteiger partial charge in [-0.15, -0.1) is 0 Å². The zero-order chi connectivity index (χ0) is 12.1. The largest absolute Gasteiger partial charge is 0.377 e. The van der Waals surface area contributed by atoms with E-state index in [2.05, 4.69) is 0 Å². The van der Waals surface area contributed by atoms with Gasteiger partial charge < -0.3 is 9.47 Å². The molecule has 0 saturated carbocycles. The molecule has 1 atom stereocenters. The minimum atomic E-state index is -0.312. The Kier molecular flexibility index (Phi) is 3.92. The molecule has 1 saturated heterocycles. The Morgan fingerprint density at radius 2 is 2.12 bits per heavy atom. The smallest absolute Gasteiger partial charge is 0.161 e. The molecule has 3 heteroatoms. The third-order valence-electron chi connectivity index (χ3n) is 3.04. The van der Waals surface area contributed by atoms with Gasteiger partial charge in [-0.1, -0.05) is 30.3 Å². The molecule has 1 aromatic carbocycles. The zero-order valence-corrected chi connectivity index (χ0v) is 10.1. The van der Waals surface area contributed by atoms with Gasteiger partial charge in [0.2, 0.25) is 0 Å². The van der Waals surface area contributed by atoms with Crippen molar-refractivity contribution < 1.29 is 14.3 Å². The quantitative estimate of drug-likeness (QED) is 0.734. The fraction of sp³-hybridized carbons (Fsp3) is 0.500. The Hall–Kier alpha value is -1.19. The molecule has 0 unspecified atom stereocenters. The van der Waals surface area contributed by atoms with Gasteiger partial charge in [-0.05, 0) is 18.9 Å². The number of hydrogen-bond donors (Lipinski definition) is 0. The van der Waals surface area contributed by atoms with E-state index in [0.717, 1.165) is 6.42 Å². The molecule has 1 aromatic rings. The molecule has 1 heterocycles. The van der Waals surface area contributed by atoms with Gasteiger partial charge in [0.15, 0.2) is 5.78 Å². The summed E-state index contributed by atoms with van der Waals surface area (Å²) in [5, 5.41) is 0. The van der Waals surface area contributed by atoms with Crippen LogP contribution >= 0.6 is 0 Å². The Morgan fingerprint density at radius 3 is 2.76 bits per heavy atom. The van der Waals surface area contributed by atoms with Crippen molar-refractivity contribution in [3.8, 4) is 0 Å². The topological polar surface area (TPSA) is 35.5 Å². The Bertz CT molecular complexity index is 374. The molecular formula is C14H18O3. The van der Waals surface area contributed by atoms with E-state index in [1.54, 1.807) is 0 Å². The number of hydrogen-bond acceptors (Lipinski definition) is 3. The SMILES string of the molecule is C[C@@]1(CCOCc2ccccc2)CC(=O)CO1.